The van der Waals surface area contributed by atoms with Crippen molar-refractivity contribution in [2.45, 2.75) is 19.8 Å². The number of amides is 1. The van der Waals surface area contributed by atoms with E-state index in [4.69, 9.17) is 0 Å². The molecule has 1 amide bonds. The smallest absolute Gasteiger partial charge is 0.259 e. The van der Waals surface area contributed by atoms with Crippen LogP contribution < -0.4 is 5.43 Å². The number of nitrogens with one attached hydrogen (secondary N) is 1. The largest absolute Gasteiger partial charge is 0.364 e. The van der Waals surface area contributed by atoms with E-state index in [0.717, 1.165) is 18.5 Å². The number of pyridine rings is 1. The van der Waals surface area contributed by atoms with Crippen LogP contribution in [0.2, 0.25) is 0 Å². The monoisotopic (exact) mass is 308 g/mol. The zero-order valence-corrected chi connectivity index (χ0v) is 13.2. The van der Waals surface area contributed by atoms with Crippen LogP contribution >= 0.6 is 0 Å². The third kappa shape index (κ3) is 3.59. The number of carbonyl (C=O) groups excluding carboxylic acids is 1. The van der Waals surface area contributed by atoms with Gasteiger partial charge in [-0.05, 0) is 25.3 Å². The van der Waals surface area contributed by atoms with Gasteiger partial charge in [0.15, 0.2) is 5.43 Å². The van der Waals surface area contributed by atoms with Gasteiger partial charge < -0.3 is 9.88 Å². The van der Waals surface area contributed by atoms with Gasteiger partial charge in [-0.25, -0.2) is 0 Å². The van der Waals surface area contributed by atoms with E-state index in [-0.39, 0.29) is 16.9 Å². The van der Waals surface area contributed by atoms with E-state index in [0.29, 0.717) is 13.1 Å². The van der Waals surface area contributed by atoms with Crippen LogP contribution in [-0.4, -0.2) is 28.9 Å². The third-order valence-electron chi connectivity index (χ3n) is 4.15. The molecule has 118 valence electrons. The van der Waals surface area contributed by atoms with Crippen molar-refractivity contribution >= 4 is 12.0 Å². The van der Waals surface area contributed by atoms with Crippen LogP contribution in [0.4, 0.5) is 0 Å². The standard InChI is InChI=1S/C19H20N2O2/c1-14-11-18(22)17(13-20-14)19(23)21-9-7-16(8-10-21)12-15-5-3-2-4-6-15/h2-6,11-13H,7-10H2,1H3,(H,20,22). The Morgan fingerprint density at radius 2 is 1.87 bits per heavy atom. The fraction of sp³-hybridized carbons (Fsp3) is 0.263. The summed E-state index contributed by atoms with van der Waals surface area (Å²) in [4.78, 5) is 29.1. The molecule has 0 atom stereocenters. The minimum atomic E-state index is -0.211. The van der Waals surface area contributed by atoms with Gasteiger partial charge in [-0.1, -0.05) is 42.0 Å². The molecule has 3 rings (SSSR count). The fourth-order valence-corrected chi connectivity index (χ4v) is 2.84. The van der Waals surface area contributed by atoms with Crippen LogP contribution in [0.5, 0.6) is 0 Å². The lowest BCUT2D eigenvalue weighted by atomic mass is 10.0. The molecule has 4 nitrogen and oxygen atoms in total. The highest BCUT2D eigenvalue weighted by Crippen LogP contribution is 2.20. The van der Waals surface area contributed by atoms with Crippen molar-refractivity contribution in [1.29, 1.82) is 0 Å². The lowest BCUT2D eigenvalue weighted by Crippen LogP contribution is -2.38. The van der Waals surface area contributed by atoms with E-state index < -0.39 is 0 Å². The highest BCUT2D eigenvalue weighted by Gasteiger charge is 2.22. The first-order valence-corrected chi connectivity index (χ1v) is 7.86. The molecule has 4 heteroatoms. The van der Waals surface area contributed by atoms with Crippen LogP contribution in [0.1, 0.15) is 34.5 Å². The number of benzene rings is 1. The van der Waals surface area contributed by atoms with E-state index in [1.54, 1.807) is 11.8 Å². The average Bonchev–Trinajstić information content (AvgIpc) is 2.56. The van der Waals surface area contributed by atoms with Crippen LogP contribution in [0.15, 0.2) is 53.0 Å². The first-order chi connectivity index (χ1) is 11.1. The molecule has 0 bridgehead atoms. The second kappa shape index (κ2) is 6.65. The highest BCUT2D eigenvalue weighted by atomic mass is 16.2. The van der Waals surface area contributed by atoms with Crippen molar-refractivity contribution in [3.05, 3.63) is 75.2 Å². The van der Waals surface area contributed by atoms with E-state index >= 15 is 0 Å². The molecule has 1 N–H and O–H groups in total. The Hall–Kier alpha value is -2.62. The van der Waals surface area contributed by atoms with Crippen LogP contribution in [0, 0.1) is 6.92 Å². The van der Waals surface area contributed by atoms with Gasteiger partial charge >= 0.3 is 0 Å². The zero-order valence-electron chi connectivity index (χ0n) is 13.2. The fourth-order valence-electron chi connectivity index (χ4n) is 2.84. The summed E-state index contributed by atoms with van der Waals surface area (Å²) in [6, 6.07) is 11.7. The van der Waals surface area contributed by atoms with Crippen molar-refractivity contribution in [3.63, 3.8) is 0 Å². The molecular formula is C19H20N2O2. The Balaban J connectivity index is 1.68. The number of aromatic nitrogens is 1. The molecule has 23 heavy (non-hydrogen) atoms. The van der Waals surface area contributed by atoms with Crippen LogP contribution in [-0.2, 0) is 0 Å². The van der Waals surface area contributed by atoms with Crippen molar-refractivity contribution < 1.29 is 4.79 Å². The minimum Gasteiger partial charge on any atom is -0.364 e. The summed E-state index contributed by atoms with van der Waals surface area (Å²) >= 11 is 0. The number of H-pyrrole nitrogens is 1. The third-order valence-corrected chi connectivity index (χ3v) is 4.15. The predicted octanol–water partition coefficient (Wildman–Crippen LogP) is 3.00. The quantitative estimate of drug-likeness (QED) is 0.927. The maximum absolute atomic E-state index is 12.5. The van der Waals surface area contributed by atoms with Gasteiger partial charge in [-0.3, -0.25) is 9.59 Å². The summed E-state index contributed by atoms with van der Waals surface area (Å²) < 4.78 is 0. The topological polar surface area (TPSA) is 53.2 Å². The van der Waals surface area contributed by atoms with Crippen molar-refractivity contribution in [1.82, 2.24) is 9.88 Å². The summed E-state index contributed by atoms with van der Waals surface area (Å²) in [5.74, 6) is -0.176. The Bertz CT molecular complexity index is 781. The van der Waals surface area contributed by atoms with Crippen molar-refractivity contribution in [3.8, 4) is 0 Å². The molecule has 1 aromatic heterocycles. The number of piperidine rings is 1. The number of likely N-dealkylation sites (tertiary alicyclic amines) is 1. The second-order valence-electron chi connectivity index (χ2n) is 5.90. The minimum absolute atomic E-state index is 0.176. The number of hydrogen-bond acceptors (Lipinski definition) is 2. The molecular weight excluding hydrogens is 288 g/mol. The molecule has 1 aliphatic rings. The first kappa shape index (κ1) is 15.3. The normalized spacial score (nSPS) is 14.7. The number of rotatable bonds is 2. The van der Waals surface area contributed by atoms with Gasteiger partial charge in [0.1, 0.15) is 5.56 Å². The molecule has 1 saturated heterocycles. The van der Waals surface area contributed by atoms with E-state index in [9.17, 15) is 9.59 Å². The zero-order chi connectivity index (χ0) is 16.2. The lowest BCUT2D eigenvalue weighted by Gasteiger charge is -2.28. The summed E-state index contributed by atoms with van der Waals surface area (Å²) in [7, 11) is 0. The predicted molar refractivity (Wildman–Crippen MR) is 91.4 cm³/mol. The molecule has 2 heterocycles. The van der Waals surface area contributed by atoms with Gasteiger partial charge in [0.2, 0.25) is 0 Å². The molecule has 1 fully saturated rings. The molecule has 0 radical (unpaired) electrons. The Kier molecular flexibility index (Phi) is 4.42. The number of carbonyl (C=O) groups is 1. The molecule has 0 unspecified atom stereocenters. The Morgan fingerprint density at radius 3 is 2.52 bits per heavy atom. The maximum atomic E-state index is 12.5. The van der Waals surface area contributed by atoms with E-state index in [2.05, 4.69) is 23.2 Å². The maximum Gasteiger partial charge on any atom is 0.259 e. The summed E-state index contributed by atoms with van der Waals surface area (Å²) in [6.45, 7) is 3.12. The number of aromatic amines is 1. The summed E-state index contributed by atoms with van der Waals surface area (Å²) in [5.41, 5.74) is 3.32. The van der Waals surface area contributed by atoms with Gasteiger partial charge in [0, 0.05) is 31.0 Å². The SMILES string of the molecule is Cc1cc(=O)c(C(=O)N2CCC(=Cc3ccccc3)CC2)c[nH]1. The molecule has 1 aliphatic heterocycles. The van der Waals surface area contributed by atoms with Gasteiger partial charge in [0.25, 0.3) is 5.91 Å². The van der Waals surface area contributed by atoms with E-state index in [1.807, 2.05) is 18.2 Å². The Morgan fingerprint density at radius 1 is 1.17 bits per heavy atom. The molecule has 0 saturated carbocycles. The average molecular weight is 308 g/mol. The van der Waals surface area contributed by atoms with Gasteiger partial charge in [0.05, 0.1) is 0 Å². The number of hydrogen-bond donors (Lipinski definition) is 1. The van der Waals surface area contributed by atoms with Crippen molar-refractivity contribution in [2.75, 3.05) is 13.1 Å². The highest BCUT2D eigenvalue weighted by molar-refractivity contribution is 5.94. The first-order valence-electron chi connectivity index (χ1n) is 7.86. The van der Waals surface area contributed by atoms with Crippen molar-refractivity contribution in [2.24, 2.45) is 0 Å². The summed E-state index contributed by atoms with van der Waals surface area (Å²) in [5, 5.41) is 0. The molecule has 2 aromatic rings. The van der Waals surface area contributed by atoms with Gasteiger partial charge in [-0.2, -0.15) is 0 Å². The number of aryl methyl sites for hydroxylation is 1. The molecule has 1 aromatic carbocycles. The number of nitrogens with zero attached hydrogens (tertiary/aromatic N) is 1. The lowest BCUT2D eigenvalue weighted by molar-refractivity contribution is 0.0742. The molecule has 0 spiro atoms. The molecule has 0 aliphatic carbocycles. The Labute approximate surface area is 135 Å². The summed E-state index contributed by atoms with van der Waals surface area (Å²) in [6.07, 6.45) is 5.42. The van der Waals surface area contributed by atoms with Gasteiger partial charge in [-0.15, -0.1) is 0 Å². The second-order valence-corrected chi connectivity index (χ2v) is 5.90. The van der Waals surface area contributed by atoms with E-state index in [1.165, 1.54) is 23.4 Å². The van der Waals surface area contributed by atoms with Crippen LogP contribution in [0.3, 0.4) is 0 Å². The van der Waals surface area contributed by atoms with Crippen LogP contribution in [0.25, 0.3) is 6.08 Å².